The average Bonchev–Trinajstić information content (AvgIpc) is 3.98. The third kappa shape index (κ3) is 4.64. The van der Waals surface area contributed by atoms with Crippen LogP contribution in [0.1, 0.15) is 103 Å². The van der Waals surface area contributed by atoms with Crippen molar-refractivity contribution in [1.29, 1.82) is 0 Å². The van der Waals surface area contributed by atoms with Crippen molar-refractivity contribution >= 4 is 12.3 Å². The lowest BCUT2D eigenvalue weighted by Gasteiger charge is -2.74. The topological polar surface area (TPSA) is 169 Å². The molecule has 7 N–H and O–H groups in total. The number of carbonyl (C=O) groups excluding carboxylic acids is 2. The van der Waals surface area contributed by atoms with Gasteiger partial charge >= 0.3 is 5.97 Å². The van der Waals surface area contributed by atoms with E-state index in [1.165, 1.54) is 25.7 Å². The van der Waals surface area contributed by atoms with Gasteiger partial charge in [0.25, 0.3) is 0 Å². The van der Waals surface area contributed by atoms with Crippen molar-refractivity contribution in [2.45, 2.75) is 138 Å². The molecule has 0 radical (unpaired) electrons. The highest BCUT2D eigenvalue weighted by Gasteiger charge is 2.86. The largest absolute Gasteiger partial charge is 0.450 e. The van der Waals surface area contributed by atoms with E-state index in [-0.39, 0.29) is 36.5 Å². The molecule has 9 aliphatic carbocycles. The Balaban J connectivity index is 1.13. The molecule has 10 nitrogen and oxygen atoms in total. The Bertz CT molecular complexity index is 1720. The molecule has 0 amide bonds. The number of nitrogens with one attached hydrogen (secondary N) is 2. The van der Waals surface area contributed by atoms with Crippen molar-refractivity contribution in [2.24, 2.45) is 69.5 Å². The highest BCUT2D eigenvalue weighted by atomic mass is 16.5. The smallest absolute Gasteiger partial charge is 0.331 e. The fraction of sp³-hybridized carbons (Fsp3) is 0.826. The summed E-state index contributed by atoms with van der Waals surface area (Å²) in [4.78, 5) is 27.5. The summed E-state index contributed by atoms with van der Waals surface area (Å²) in [5, 5.41) is 74.2. The maximum atomic E-state index is 14.5. The van der Waals surface area contributed by atoms with E-state index in [1.807, 2.05) is 14.0 Å². The zero-order chi connectivity index (χ0) is 39.0. The Kier molecular flexibility index (Phi) is 8.92. The molecule has 0 saturated heterocycles. The molecule has 308 valence electrons. The van der Waals surface area contributed by atoms with E-state index in [1.54, 1.807) is 6.08 Å². The average molecular weight is 775 g/mol. The van der Waals surface area contributed by atoms with Crippen LogP contribution in [0.5, 0.6) is 0 Å². The van der Waals surface area contributed by atoms with Crippen LogP contribution in [0.4, 0.5) is 0 Å². The molecule has 56 heavy (non-hydrogen) atoms. The lowest BCUT2D eigenvalue weighted by molar-refractivity contribution is -0.382. The predicted octanol–water partition coefficient (Wildman–Crippen LogP) is 3.74. The normalized spacial score (nSPS) is 52.5. The van der Waals surface area contributed by atoms with Gasteiger partial charge in [-0.2, -0.15) is 0 Å². The first-order chi connectivity index (χ1) is 26.8. The maximum Gasteiger partial charge on any atom is 0.331 e. The van der Waals surface area contributed by atoms with Crippen LogP contribution < -0.4 is 10.6 Å². The lowest BCUT2D eigenvalue weighted by Crippen LogP contribution is -2.86. The van der Waals surface area contributed by atoms with Gasteiger partial charge < -0.3 is 45.7 Å². The number of carbonyl (C=O) groups is 2. The first-order valence-corrected chi connectivity index (χ1v) is 22.5. The second kappa shape index (κ2) is 13.0. The predicted molar refractivity (Wildman–Crippen MR) is 209 cm³/mol. The van der Waals surface area contributed by atoms with Crippen molar-refractivity contribution in [3.8, 4) is 0 Å². The molecule has 0 aromatic heterocycles. The number of esters is 1. The van der Waals surface area contributed by atoms with E-state index in [0.717, 1.165) is 62.6 Å². The Morgan fingerprint density at radius 1 is 0.911 bits per heavy atom. The molecule has 10 aliphatic rings. The fourth-order valence-corrected chi connectivity index (χ4v) is 17.1. The standard InChI is InChI=1S/C46H66N2O8/c1-41-15-12-35-43(25-49)24-42(13-5-6-14-42)39(51)33-19-27-10-7-11-30(26-8-3-4-9-26)31(27)20-34(45(33,43)54)40(52)46(35,55)44(41,53)22-28-18-29(23-48-17-16-47-2)38-32(37(28)41)21-36(50)56-38/h7,10,18,21,25-28,30-31,33-35,37-40,47-48,51-55H,3-6,8-9,11-17,19-20,22-24H2,1-2H3/t27-,28-,30-,31+,33+,34-,35-,37-,38+,39-,40+,41-,43+,44-,45-,46-/m1/s1. The van der Waals surface area contributed by atoms with Gasteiger partial charge in [-0.25, -0.2) is 4.79 Å². The Labute approximate surface area is 332 Å². The van der Waals surface area contributed by atoms with Gasteiger partial charge in [0.2, 0.25) is 0 Å². The number of aliphatic hydroxyl groups is 5. The Morgan fingerprint density at radius 2 is 1.66 bits per heavy atom. The van der Waals surface area contributed by atoms with E-state index in [9.17, 15) is 35.1 Å². The van der Waals surface area contributed by atoms with E-state index in [0.29, 0.717) is 44.1 Å². The van der Waals surface area contributed by atoms with Gasteiger partial charge in [-0.1, -0.05) is 63.7 Å². The van der Waals surface area contributed by atoms with Gasteiger partial charge in [-0.05, 0) is 117 Å². The monoisotopic (exact) mass is 774 g/mol. The number of allylic oxidation sites excluding steroid dienone is 3. The van der Waals surface area contributed by atoms with E-state index < -0.39 is 75.1 Å². The van der Waals surface area contributed by atoms with Gasteiger partial charge in [-0.15, -0.1) is 0 Å². The third-order valence-corrected chi connectivity index (χ3v) is 19.3. The molecule has 1 heterocycles. The Hall–Kier alpha value is -1.92. The molecule has 7 saturated carbocycles. The molecule has 0 unspecified atom stereocenters. The number of fused-ring (bicyclic) bond motifs is 9. The highest BCUT2D eigenvalue weighted by molar-refractivity contribution is 5.87. The number of aliphatic hydroxyl groups excluding tert-OH is 2. The second-order valence-corrected chi connectivity index (χ2v) is 21.0. The van der Waals surface area contributed by atoms with Crippen LogP contribution in [0.15, 0.2) is 35.5 Å². The van der Waals surface area contributed by atoms with Crippen LogP contribution >= 0.6 is 0 Å². The van der Waals surface area contributed by atoms with Crippen LogP contribution in [0.25, 0.3) is 0 Å². The zero-order valence-corrected chi connectivity index (χ0v) is 33.5. The van der Waals surface area contributed by atoms with Crippen molar-refractivity contribution in [1.82, 2.24) is 10.6 Å². The molecular formula is C46H66N2O8. The molecule has 1 aliphatic heterocycles. The molecule has 0 aromatic rings. The number of ether oxygens (including phenoxy) is 1. The van der Waals surface area contributed by atoms with Crippen LogP contribution in [0, 0.1) is 69.5 Å². The lowest BCUT2D eigenvalue weighted by atomic mass is 9.33. The first kappa shape index (κ1) is 38.3. The second-order valence-electron chi connectivity index (χ2n) is 21.0. The van der Waals surface area contributed by atoms with Crippen LogP contribution in [0.3, 0.4) is 0 Å². The highest BCUT2D eigenvalue weighted by Crippen LogP contribution is 2.78. The van der Waals surface area contributed by atoms with Crippen molar-refractivity contribution in [3.63, 3.8) is 0 Å². The van der Waals surface area contributed by atoms with Gasteiger partial charge in [0.1, 0.15) is 23.6 Å². The summed E-state index contributed by atoms with van der Waals surface area (Å²) in [6.07, 6.45) is 17.7. The SMILES string of the molecule is CNCCNCC1=C[C@@H]2C[C@]3(O)[C@]4(O)[C@@H](O)[C@H]5C[C@H]6[C@H](C=CC[C@@H]6C6CCCC6)C[C@H]6[C@@H](O)C7(CCCC7)C[C@](C=O)([C@H]4CC[C@]3(C)[C@H]2C2=CC(=O)O[C@@H]12)[C@]56O. The van der Waals surface area contributed by atoms with Gasteiger partial charge in [-0.3, -0.25) is 0 Å². The number of likely N-dealkylation sites (N-methyl/N-ethyl adjacent to an activating group) is 1. The summed E-state index contributed by atoms with van der Waals surface area (Å²) in [5.41, 5.74) is -7.00. The minimum Gasteiger partial charge on any atom is -0.450 e. The summed E-state index contributed by atoms with van der Waals surface area (Å²) in [5.74, 6) is -2.31. The number of hydrogen-bond donors (Lipinski definition) is 7. The summed E-state index contributed by atoms with van der Waals surface area (Å²) >= 11 is 0. The number of hydrogen-bond acceptors (Lipinski definition) is 10. The molecule has 10 heteroatoms. The summed E-state index contributed by atoms with van der Waals surface area (Å²) < 4.78 is 5.95. The van der Waals surface area contributed by atoms with Gasteiger partial charge in [0.15, 0.2) is 0 Å². The maximum absolute atomic E-state index is 14.5. The molecule has 1 spiro atoms. The van der Waals surface area contributed by atoms with Gasteiger partial charge in [0.05, 0.1) is 23.2 Å². The zero-order valence-electron chi connectivity index (χ0n) is 33.5. The van der Waals surface area contributed by atoms with Crippen molar-refractivity contribution in [3.05, 3.63) is 35.5 Å². The minimum absolute atomic E-state index is 0.0881. The fourth-order valence-electron chi connectivity index (χ4n) is 17.1. The van der Waals surface area contributed by atoms with Crippen LogP contribution in [-0.2, 0) is 14.3 Å². The first-order valence-electron chi connectivity index (χ1n) is 22.5. The van der Waals surface area contributed by atoms with Crippen LogP contribution in [0.2, 0.25) is 0 Å². The quantitative estimate of drug-likeness (QED) is 0.0877. The third-order valence-electron chi connectivity index (χ3n) is 19.3. The van der Waals surface area contributed by atoms with Gasteiger partial charge in [0, 0.05) is 48.9 Å². The number of aldehydes is 1. The molecule has 7 fully saturated rings. The Morgan fingerprint density at radius 3 is 2.39 bits per heavy atom. The summed E-state index contributed by atoms with van der Waals surface area (Å²) in [6, 6.07) is 0. The number of rotatable bonds is 7. The van der Waals surface area contributed by atoms with E-state index in [4.69, 9.17) is 4.74 Å². The molecule has 10 rings (SSSR count). The molecule has 0 bridgehead atoms. The molecular weight excluding hydrogens is 709 g/mol. The van der Waals surface area contributed by atoms with Crippen molar-refractivity contribution < 1.29 is 39.9 Å². The molecule has 0 aromatic carbocycles. The summed E-state index contributed by atoms with van der Waals surface area (Å²) in [7, 11) is 1.90. The van der Waals surface area contributed by atoms with Crippen LogP contribution in [-0.4, -0.2) is 99.6 Å². The van der Waals surface area contributed by atoms with E-state index >= 15 is 0 Å². The van der Waals surface area contributed by atoms with E-state index in [2.05, 4.69) is 28.9 Å². The summed E-state index contributed by atoms with van der Waals surface area (Å²) in [6.45, 7) is 4.04. The molecule has 16 atom stereocenters. The minimum atomic E-state index is -2.13. The van der Waals surface area contributed by atoms with Crippen molar-refractivity contribution in [2.75, 3.05) is 26.7 Å².